The molecule has 0 spiro atoms. The number of aromatic nitrogens is 4. The summed E-state index contributed by atoms with van der Waals surface area (Å²) in [6, 6.07) is 5.05. The van der Waals surface area contributed by atoms with E-state index in [-0.39, 0.29) is 11.5 Å². The van der Waals surface area contributed by atoms with Gasteiger partial charge in [0.25, 0.3) is 0 Å². The molecule has 0 aliphatic rings. The number of fused-ring (bicyclic) bond motifs is 1. The Morgan fingerprint density at radius 2 is 1.57 bits per heavy atom. The number of nitrogens with zero attached hydrogens (tertiary/aromatic N) is 5. The first kappa shape index (κ1) is 22.7. The Labute approximate surface area is 184 Å². The van der Waals surface area contributed by atoms with E-state index >= 15 is 0 Å². The molecule has 0 saturated carbocycles. The van der Waals surface area contributed by atoms with Gasteiger partial charge >= 0.3 is 0 Å². The van der Waals surface area contributed by atoms with E-state index in [0.29, 0.717) is 36.2 Å². The van der Waals surface area contributed by atoms with Crippen molar-refractivity contribution in [1.82, 2.24) is 19.8 Å². The van der Waals surface area contributed by atoms with Gasteiger partial charge in [-0.05, 0) is 45.4 Å². The second-order valence-corrected chi connectivity index (χ2v) is 11.7. The lowest BCUT2D eigenvalue weighted by Gasteiger charge is -2.22. The van der Waals surface area contributed by atoms with E-state index in [4.69, 9.17) is 23.2 Å². The first-order chi connectivity index (χ1) is 13.9. The fourth-order valence-electron chi connectivity index (χ4n) is 2.93. The third kappa shape index (κ3) is 3.75. The van der Waals surface area contributed by atoms with Crippen molar-refractivity contribution < 1.29 is 16.8 Å². The van der Waals surface area contributed by atoms with Gasteiger partial charge in [0.2, 0.25) is 25.9 Å². The molecule has 0 amide bonds. The SMILES string of the molecule is CCS(=O)(=O)N(c1nnc2c(-c3ccc(Cl)c(Cl)c3)c(C)nn2c1C)S(=O)(=O)CC. The quantitative estimate of drug-likeness (QED) is 0.519. The molecule has 3 rings (SSSR count). The molecule has 0 atom stereocenters. The minimum absolute atomic E-state index is 0.212. The van der Waals surface area contributed by atoms with Crippen LogP contribution in [0.2, 0.25) is 10.0 Å². The zero-order valence-corrected chi connectivity index (χ0v) is 19.7. The number of benzene rings is 1. The van der Waals surface area contributed by atoms with Crippen LogP contribution in [0.4, 0.5) is 5.82 Å². The Morgan fingerprint density at radius 1 is 0.967 bits per heavy atom. The van der Waals surface area contributed by atoms with Crippen LogP contribution in [-0.2, 0) is 20.0 Å². The maximum Gasteiger partial charge on any atom is 0.249 e. The van der Waals surface area contributed by atoms with Crippen LogP contribution in [0.5, 0.6) is 0 Å². The molecule has 2 heterocycles. The molecule has 30 heavy (non-hydrogen) atoms. The molecule has 0 aliphatic heterocycles. The van der Waals surface area contributed by atoms with Crippen LogP contribution in [-0.4, -0.2) is 48.2 Å². The zero-order valence-electron chi connectivity index (χ0n) is 16.6. The third-order valence-electron chi connectivity index (χ3n) is 4.53. The Hall–Kier alpha value is -1.95. The molecule has 2 aromatic heterocycles. The molecule has 9 nitrogen and oxygen atoms in total. The Bertz CT molecular complexity index is 1320. The monoisotopic (exact) mass is 491 g/mol. The minimum atomic E-state index is -4.17. The molecule has 0 fully saturated rings. The standard InChI is InChI=1S/C17H19Cl2N5O4S2/c1-5-29(25,26)24(30(27,28)6-2)16-11(4)23-17(21-20-16)15(10(3)22-23)12-7-8-13(18)14(19)9-12/h7-9H,5-6H2,1-4H3. The summed E-state index contributed by atoms with van der Waals surface area (Å²) in [4.78, 5) is 0. The molecule has 1 aromatic carbocycles. The predicted molar refractivity (Wildman–Crippen MR) is 117 cm³/mol. The second-order valence-electron chi connectivity index (χ2n) is 6.43. The van der Waals surface area contributed by atoms with Gasteiger partial charge in [0.05, 0.1) is 38.5 Å². The predicted octanol–water partition coefficient (Wildman–Crippen LogP) is 3.22. The van der Waals surface area contributed by atoms with Crippen LogP contribution >= 0.6 is 23.2 Å². The van der Waals surface area contributed by atoms with E-state index in [1.54, 1.807) is 25.1 Å². The summed E-state index contributed by atoms with van der Waals surface area (Å²) in [6.45, 7) is 5.99. The van der Waals surface area contributed by atoms with Crippen molar-refractivity contribution in [2.75, 3.05) is 15.2 Å². The van der Waals surface area contributed by atoms with Gasteiger partial charge in [0.15, 0.2) is 5.65 Å². The average molecular weight is 492 g/mol. The third-order valence-corrected chi connectivity index (χ3v) is 9.45. The van der Waals surface area contributed by atoms with Gasteiger partial charge in [-0.15, -0.1) is 13.9 Å². The van der Waals surface area contributed by atoms with Crippen molar-refractivity contribution in [2.45, 2.75) is 27.7 Å². The van der Waals surface area contributed by atoms with Crippen LogP contribution in [0.25, 0.3) is 16.8 Å². The Balaban J connectivity index is 2.31. The van der Waals surface area contributed by atoms with E-state index in [0.717, 1.165) is 0 Å². The molecule has 162 valence electrons. The van der Waals surface area contributed by atoms with Crippen molar-refractivity contribution in [2.24, 2.45) is 0 Å². The molecule has 3 aromatic rings. The molecule has 0 saturated heterocycles. The molecule has 13 heteroatoms. The van der Waals surface area contributed by atoms with Crippen molar-refractivity contribution in [3.63, 3.8) is 0 Å². The summed E-state index contributed by atoms with van der Waals surface area (Å²) in [5.74, 6) is -1.15. The Morgan fingerprint density at radius 3 is 2.10 bits per heavy atom. The first-order valence-electron chi connectivity index (χ1n) is 8.88. The number of aryl methyl sites for hydroxylation is 2. The number of hydrogen-bond donors (Lipinski definition) is 0. The van der Waals surface area contributed by atoms with Gasteiger partial charge in [-0.25, -0.2) is 21.4 Å². The Kier molecular flexibility index (Phi) is 6.02. The summed E-state index contributed by atoms with van der Waals surface area (Å²) in [5.41, 5.74) is 2.43. The highest BCUT2D eigenvalue weighted by atomic mass is 35.5. The maximum atomic E-state index is 12.6. The average Bonchev–Trinajstić information content (AvgIpc) is 3.02. The minimum Gasteiger partial charge on any atom is -0.213 e. The molecule has 0 aliphatic carbocycles. The van der Waals surface area contributed by atoms with Crippen molar-refractivity contribution in [3.05, 3.63) is 39.6 Å². The highest BCUT2D eigenvalue weighted by Crippen LogP contribution is 2.34. The zero-order chi connectivity index (χ0) is 22.4. The van der Waals surface area contributed by atoms with E-state index in [2.05, 4.69) is 15.3 Å². The van der Waals surface area contributed by atoms with Crippen LogP contribution < -0.4 is 3.71 Å². The van der Waals surface area contributed by atoms with Crippen LogP contribution in [0, 0.1) is 13.8 Å². The number of hydrogen-bond acceptors (Lipinski definition) is 7. The summed E-state index contributed by atoms with van der Waals surface area (Å²) in [5, 5.41) is 13.2. The first-order valence-corrected chi connectivity index (χ1v) is 12.9. The molecule has 0 bridgehead atoms. The lowest BCUT2D eigenvalue weighted by molar-refractivity contribution is 0.584. The highest BCUT2D eigenvalue weighted by molar-refractivity contribution is 8.10. The largest absolute Gasteiger partial charge is 0.249 e. The maximum absolute atomic E-state index is 12.6. The van der Waals surface area contributed by atoms with E-state index in [9.17, 15) is 16.8 Å². The van der Waals surface area contributed by atoms with E-state index in [1.807, 2.05) is 0 Å². The van der Waals surface area contributed by atoms with E-state index < -0.39 is 31.6 Å². The van der Waals surface area contributed by atoms with Crippen LogP contribution in [0.15, 0.2) is 18.2 Å². The highest BCUT2D eigenvalue weighted by Gasteiger charge is 2.35. The van der Waals surface area contributed by atoms with Crippen LogP contribution in [0.1, 0.15) is 25.2 Å². The van der Waals surface area contributed by atoms with Gasteiger partial charge in [0, 0.05) is 0 Å². The molecular weight excluding hydrogens is 473 g/mol. The second kappa shape index (κ2) is 7.95. The normalized spacial score (nSPS) is 12.5. The lowest BCUT2D eigenvalue weighted by atomic mass is 10.1. The lowest BCUT2D eigenvalue weighted by Crippen LogP contribution is -2.40. The van der Waals surface area contributed by atoms with Crippen LogP contribution in [0.3, 0.4) is 0 Å². The van der Waals surface area contributed by atoms with Gasteiger partial charge in [-0.1, -0.05) is 29.3 Å². The number of anilines is 1. The van der Waals surface area contributed by atoms with Gasteiger partial charge in [-0.2, -0.15) is 5.10 Å². The number of rotatable bonds is 6. The fourth-order valence-corrected chi connectivity index (χ4v) is 6.58. The van der Waals surface area contributed by atoms with Crippen molar-refractivity contribution in [1.29, 1.82) is 0 Å². The fraction of sp³-hybridized carbons (Fsp3) is 0.353. The molecule has 0 N–H and O–H groups in total. The van der Waals surface area contributed by atoms with Crippen molar-refractivity contribution >= 4 is 54.7 Å². The summed E-state index contributed by atoms with van der Waals surface area (Å²) < 4.78 is 52.0. The summed E-state index contributed by atoms with van der Waals surface area (Å²) in [6.07, 6.45) is 0. The topological polar surface area (TPSA) is 115 Å². The summed E-state index contributed by atoms with van der Waals surface area (Å²) >= 11 is 12.1. The molecular formula is C17H19Cl2N5O4S2. The molecule has 0 unspecified atom stereocenters. The van der Waals surface area contributed by atoms with E-state index in [1.165, 1.54) is 25.3 Å². The number of sulfonamides is 2. The number of halogens is 2. The van der Waals surface area contributed by atoms with Gasteiger partial charge in [0.1, 0.15) is 0 Å². The van der Waals surface area contributed by atoms with Crippen molar-refractivity contribution in [3.8, 4) is 11.1 Å². The molecule has 0 radical (unpaired) electrons. The van der Waals surface area contributed by atoms with Gasteiger partial charge < -0.3 is 0 Å². The van der Waals surface area contributed by atoms with Gasteiger partial charge in [-0.3, -0.25) is 0 Å². The smallest absolute Gasteiger partial charge is 0.213 e. The summed E-state index contributed by atoms with van der Waals surface area (Å²) in [7, 11) is -8.34.